The quantitative estimate of drug-likeness (QED) is 0.803. The van der Waals surface area contributed by atoms with E-state index >= 15 is 0 Å². The largest absolute Gasteiger partial charge is 0.342 e. The summed E-state index contributed by atoms with van der Waals surface area (Å²) >= 11 is 0. The van der Waals surface area contributed by atoms with Gasteiger partial charge in [0.25, 0.3) is 0 Å². The number of nitrogens with zero attached hydrogens (tertiary/aromatic N) is 1. The van der Waals surface area contributed by atoms with Crippen molar-refractivity contribution in [1.29, 1.82) is 0 Å². The number of rotatable bonds is 6. The van der Waals surface area contributed by atoms with Crippen molar-refractivity contribution >= 4 is 5.91 Å². The molecule has 1 heterocycles. The average Bonchev–Trinajstić information content (AvgIpc) is 2.62. The highest BCUT2D eigenvalue weighted by molar-refractivity contribution is 5.78. The first-order chi connectivity index (χ1) is 9.02. The number of likely N-dealkylation sites (tertiary alicyclic amines) is 1. The minimum absolute atomic E-state index is 0.285. The van der Waals surface area contributed by atoms with Crippen LogP contribution < -0.4 is 5.32 Å². The van der Waals surface area contributed by atoms with Crippen LogP contribution in [0.2, 0.25) is 0 Å². The molecule has 112 valence electrons. The van der Waals surface area contributed by atoms with E-state index in [9.17, 15) is 4.79 Å². The maximum atomic E-state index is 12.1. The van der Waals surface area contributed by atoms with Crippen molar-refractivity contribution in [2.45, 2.75) is 53.4 Å². The van der Waals surface area contributed by atoms with Gasteiger partial charge in [0.15, 0.2) is 0 Å². The summed E-state index contributed by atoms with van der Waals surface area (Å²) < 4.78 is 0. The molecule has 0 spiro atoms. The predicted molar refractivity (Wildman–Crippen MR) is 81.1 cm³/mol. The SMILES string of the molecule is CC(C)C(CNCC(=O)N1CCCCCC1)C(C)C. The van der Waals surface area contributed by atoms with Gasteiger partial charge in [-0.1, -0.05) is 40.5 Å². The molecule has 0 aromatic carbocycles. The third kappa shape index (κ3) is 5.94. The summed E-state index contributed by atoms with van der Waals surface area (Å²) in [6, 6.07) is 0. The molecule has 0 aliphatic carbocycles. The van der Waals surface area contributed by atoms with Gasteiger partial charge in [0.1, 0.15) is 0 Å². The minimum atomic E-state index is 0.285. The summed E-state index contributed by atoms with van der Waals surface area (Å²) in [5.41, 5.74) is 0. The van der Waals surface area contributed by atoms with Crippen LogP contribution in [-0.2, 0) is 4.79 Å². The van der Waals surface area contributed by atoms with Gasteiger partial charge in [-0.3, -0.25) is 4.79 Å². The van der Waals surface area contributed by atoms with E-state index in [1.807, 2.05) is 4.90 Å². The van der Waals surface area contributed by atoms with Crippen molar-refractivity contribution in [2.24, 2.45) is 17.8 Å². The molecule has 1 saturated heterocycles. The van der Waals surface area contributed by atoms with Gasteiger partial charge in [0.2, 0.25) is 5.91 Å². The van der Waals surface area contributed by atoms with Crippen LogP contribution in [0.25, 0.3) is 0 Å². The summed E-state index contributed by atoms with van der Waals surface area (Å²) in [6.45, 7) is 12.4. The van der Waals surface area contributed by atoms with E-state index in [1.165, 1.54) is 25.7 Å². The molecule has 19 heavy (non-hydrogen) atoms. The van der Waals surface area contributed by atoms with Crippen LogP contribution in [0.4, 0.5) is 0 Å². The summed E-state index contributed by atoms with van der Waals surface area (Å²) in [6.07, 6.45) is 4.90. The van der Waals surface area contributed by atoms with Gasteiger partial charge in [0, 0.05) is 13.1 Å². The van der Waals surface area contributed by atoms with E-state index in [-0.39, 0.29) is 5.91 Å². The van der Waals surface area contributed by atoms with Crippen molar-refractivity contribution in [3.8, 4) is 0 Å². The molecular weight excluding hydrogens is 236 g/mol. The van der Waals surface area contributed by atoms with E-state index in [0.29, 0.717) is 24.3 Å². The van der Waals surface area contributed by atoms with Crippen molar-refractivity contribution < 1.29 is 4.79 Å². The van der Waals surface area contributed by atoms with Gasteiger partial charge in [0.05, 0.1) is 6.54 Å². The number of carbonyl (C=O) groups excluding carboxylic acids is 1. The zero-order valence-corrected chi connectivity index (χ0v) is 13.2. The Morgan fingerprint density at radius 3 is 2.00 bits per heavy atom. The zero-order valence-electron chi connectivity index (χ0n) is 13.2. The fraction of sp³-hybridized carbons (Fsp3) is 0.938. The van der Waals surface area contributed by atoms with Gasteiger partial charge in [-0.2, -0.15) is 0 Å². The molecule has 1 N–H and O–H groups in total. The van der Waals surface area contributed by atoms with Crippen LogP contribution in [0.1, 0.15) is 53.4 Å². The Hall–Kier alpha value is -0.570. The molecule has 0 aromatic heterocycles. The number of hydrogen-bond acceptors (Lipinski definition) is 2. The maximum absolute atomic E-state index is 12.1. The molecule has 0 unspecified atom stereocenters. The highest BCUT2D eigenvalue weighted by atomic mass is 16.2. The van der Waals surface area contributed by atoms with Crippen molar-refractivity contribution in [3.63, 3.8) is 0 Å². The normalized spacial score (nSPS) is 17.3. The second kappa shape index (κ2) is 8.57. The molecule has 3 nitrogen and oxygen atoms in total. The topological polar surface area (TPSA) is 32.3 Å². The predicted octanol–water partition coefficient (Wildman–Crippen LogP) is 2.91. The molecule has 1 aliphatic heterocycles. The first-order valence-corrected chi connectivity index (χ1v) is 8.01. The molecule has 1 amide bonds. The number of hydrogen-bond donors (Lipinski definition) is 1. The minimum Gasteiger partial charge on any atom is -0.342 e. The van der Waals surface area contributed by atoms with Crippen LogP contribution in [0.3, 0.4) is 0 Å². The Labute approximate surface area is 119 Å². The third-order valence-corrected chi connectivity index (χ3v) is 4.33. The Morgan fingerprint density at radius 1 is 1.00 bits per heavy atom. The van der Waals surface area contributed by atoms with E-state index in [1.54, 1.807) is 0 Å². The Kier molecular flexibility index (Phi) is 7.44. The van der Waals surface area contributed by atoms with Crippen LogP contribution in [0.15, 0.2) is 0 Å². The van der Waals surface area contributed by atoms with Gasteiger partial charge in [-0.05, 0) is 37.1 Å². The molecule has 0 radical (unpaired) electrons. The standard InChI is InChI=1S/C16H32N2O/c1-13(2)15(14(3)4)11-17-12-16(19)18-9-7-5-6-8-10-18/h13-15,17H,5-12H2,1-4H3. The van der Waals surface area contributed by atoms with Gasteiger partial charge in [-0.15, -0.1) is 0 Å². The zero-order chi connectivity index (χ0) is 14.3. The summed E-state index contributed by atoms with van der Waals surface area (Å²) in [5, 5.41) is 3.37. The maximum Gasteiger partial charge on any atom is 0.236 e. The fourth-order valence-corrected chi connectivity index (χ4v) is 3.02. The molecule has 0 bridgehead atoms. The second-order valence-electron chi connectivity index (χ2n) is 6.58. The number of carbonyl (C=O) groups is 1. The Bertz CT molecular complexity index is 247. The summed E-state index contributed by atoms with van der Waals surface area (Å²) in [5.74, 6) is 2.27. The lowest BCUT2D eigenvalue weighted by atomic mass is 9.85. The lowest BCUT2D eigenvalue weighted by Gasteiger charge is -2.26. The molecular formula is C16H32N2O. The summed E-state index contributed by atoms with van der Waals surface area (Å²) in [7, 11) is 0. The Morgan fingerprint density at radius 2 is 1.53 bits per heavy atom. The van der Waals surface area contributed by atoms with E-state index in [2.05, 4.69) is 33.0 Å². The molecule has 1 rings (SSSR count). The van der Waals surface area contributed by atoms with Crippen molar-refractivity contribution in [3.05, 3.63) is 0 Å². The van der Waals surface area contributed by atoms with Crippen molar-refractivity contribution in [1.82, 2.24) is 10.2 Å². The molecule has 1 fully saturated rings. The van der Waals surface area contributed by atoms with Crippen molar-refractivity contribution in [2.75, 3.05) is 26.2 Å². The van der Waals surface area contributed by atoms with E-state index < -0.39 is 0 Å². The van der Waals surface area contributed by atoms with Gasteiger partial charge < -0.3 is 10.2 Å². The monoisotopic (exact) mass is 268 g/mol. The second-order valence-corrected chi connectivity index (χ2v) is 6.58. The van der Waals surface area contributed by atoms with Crippen LogP contribution in [0.5, 0.6) is 0 Å². The average molecular weight is 268 g/mol. The van der Waals surface area contributed by atoms with E-state index in [4.69, 9.17) is 0 Å². The number of amides is 1. The van der Waals surface area contributed by atoms with E-state index in [0.717, 1.165) is 19.6 Å². The smallest absolute Gasteiger partial charge is 0.236 e. The molecule has 0 aromatic rings. The third-order valence-electron chi connectivity index (χ3n) is 4.33. The Balaban J connectivity index is 2.29. The first kappa shape index (κ1) is 16.5. The number of nitrogens with one attached hydrogen (secondary N) is 1. The summed E-state index contributed by atoms with van der Waals surface area (Å²) in [4.78, 5) is 14.2. The first-order valence-electron chi connectivity index (χ1n) is 8.01. The van der Waals surface area contributed by atoms with Crippen LogP contribution in [0, 0.1) is 17.8 Å². The molecule has 0 saturated carbocycles. The molecule has 0 atom stereocenters. The van der Waals surface area contributed by atoms with Crippen LogP contribution >= 0.6 is 0 Å². The lowest BCUT2D eigenvalue weighted by molar-refractivity contribution is -0.130. The highest BCUT2D eigenvalue weighted by Gasteiger charge is 2.19. The molecule has 1 aliphatic rings. The van der Waals surface area contributed by atoms with Gasteiger partial charge in [-0.25, -0.2) is 0 Å². The van der Waals surface area contributed by atoms with Gasteiger partial charge >= 0.3 is 0 Å². The van der Waals surface area contributed by atoms with Crippen LogP contribution in [-0.4, -0.2) is 37.0 Å². The highest BCUT2D eigenvalue weighted by Crippen LogP contribution is 2.19. The lowest BCUT2D eigenvalue weighted by Crippen LogP contribution is -2.41. The fourth-order valence-electron chi connectivity index (χ4n) is 3.02. The molecule has 3 heteroatoms.